The molecule has 0 spiro atoms. The van der Waals surface area contributed by atoms with Gasteiger partial charge in [0, 0.05) is 0 Å². The fourth-order valence-corrected chi connectivity index (χ4v) is 4.61. The van der Waals surface area contributed by atoms with Crippen LogP contribution in [0.15, 0.2) is 24.3 Å². The van der Waals surface area contributed by atoms with E-state index in [9.17, 15) is 4.79 Å². The third-order valence-electron chi connectivity index (χ3n) is 6.13. The van der Waals surface area contributed by atoms with E-state index in [-0.39, 0.29) is 17.7 Å². The summed E-state index contributed by atoms with van der Waals surface area (Å²) in [5.74, 6) is -1.37. The van der Waals surface area contributed by atoms with Crippen molar-refractivity contribution in [3.8, 4) is 5.75 Å². The standard InChI is InChI=1S/C21H32O7Si/c1-20(2,3)29(6,7)28-18-17(16-13-26-21(18,27-16)19(22)24-5)25-12-14-8-10-15(23-4)11-9-14/h8-11,16-18H,12-13H2,1-7H3/t16-,17+,18-,21+/m1/s1. The van der Waals surface area contributed by atoms with Crippen molar-refractivity contribution in [3.63, 3.8) is 0 Å². The summed E-state index contributed by atoms with van der Waals surface area (Å²) in [4.78, 5) is 12.6. The van der Waals surface area contributed by atoms with Crippen LogP contribution in [-0.2, 0) is 34.8 Å². The van der Waals surface area contributed by atoms with Crippen molar-refractivity contribution in [2.24, 2.45) is 0 Å². The Morgan fingerprint density at radius 3 is 2.41 bits per heavy atom. The molecule has 0 saturated carbocycles. The molecule has 162 valence electrons. The summed E-state index contributed by atoms with van der Waals surface area (Å²) >= 11 is 0. The van der Waals surface area contributed by atoms with Gasteiger partial charge in [-0.05, 0) is 35.8 Å². The molecule has 0 amide bonds. The summed E-state index contributed by atoms with van der Waals surface area (Å²) in [6, 6.07) is 7.67. The van der Waals surface area contributed by atoms with E-state index >= 15 is 0 Å². The molecule has 1 aromatic rings. The van der Waals surface area contributed by atoms with E-state index in [1.807, 2.05) is 24.3 Å². The predicted molar refractivity (Wildman–Crippen MR) is 109 cm³/mol. The Bertz CT molecular complexity index is 728. The molecule has 0 aromatic heterocycles. The number of benzene rings is 1. The normalized spacial score (nSPS) is 29.1. The number of fused-ring (bicyclic) bond motifs is 2. The summed E-state index contributed by atoms with van der Waals surface area (Å²) in [5, 5.41) is -0.0489. The zero-order valence-electron chi connectivity index (χ0n) is 18.3. The van der Waals surface area contributed by atoms with Gasteiger partial charge in [0.25, 0.3) is 5.79 Å². The molecule has 2 bridgehead atoms. The highest BCUT2D eigenvalue weighted by Crippen LogP contribution is 2.47. The van der Waals surface area contributed by atoms with Crippen molar-refractivity contribution in [2.75, 3.05) is 20.8 Å². The first-order valence-corrected chi connectivity index (χ1v) is 12.8. The Kier molecular flexibility index (Phi) is 6.13. The number of rotatable bonds is 7. The highest BCUT2D eigenvalue weighted by Gasteiger charge is 2.69. The van der Waals surface area contributed by atoms with Crippen LogP contribution in [0.5, 0.6) is 5.75 Å². The van der Waals surface area contributed by atoms with Gasteiger partial charge in [-0.25, -0.2) is 4.79 Å². The van der Waals surface area contributed by atoms with Gasteiger partial charge >= 0.3 is 5.97 Å². The molecule has 0 unspecified atom stereocenters. The van der Waals surface area contributed by atoms with E-state index in [2.05, 4.69) is 33.9 Å². The molecular formula is C21H32O7Si. The van der Waals surface area contributed by atoms with Crippen molar-refractivity contribution in [3.05, 3.63) is 29.8 Å². The summed E-state index contributed by atoms with van der Waals surface area (Å²) in [6.07, 6.45) is -1.51. The van der Waals surface area contributed by atoms with Crippen LogP contribution >= 0.6 is 0 Å². The Balaban J connectivity index is 1.83. The van der Waals surface area contributed by atoms with Crippen molar-refractivity contribution < 1.29 is 32.9 Å². The molecule has 1 aromatic carbocycles. The maximum atomic E-state index is 12.6. The Hall–Kier alpha value is -1.45. The van der Waals surface area contributed by atoms with Crippen molar-refractivity contribution >= 4 is 14.3 Å². The van der Waals surface area contributed by atoms with E-state index < -0.39 is 32.3 Å². The molecule has 2 saturated heterocycles. The first-order chi connectivity index (χ1) is 13.5. The average Bonchev–Trinajstić information content (AvgIpc) is 3.23. The van der Waals surface area contributed by atoms with Crippen molar-refractivity contribution in [1.82, 2.24) is 0 Å². The van der Waals surface area contributed by atoms with Gasteiger partial charge in [0.05, 0.1) is 27.4 Å². The molecule has 4 atom stereocenters. The zero-order chi connectivity index (χ0) is 21.4. The summed E-state index contributed by atoms with van der Waals surface area (Å²) < 4.78 is 34.8. The van der Waals surface area contributed by atoms with E-state index in [0.29, 0.717) is 6.61 Å². The van der Waals surface area contributed by atoms with Gasteiger partial charge in [-0.2, -0.15) is 0 Å². The maximum absolute atomic E-state index is 12.6. The second kappa shape index (κ2) is 8.00. The molecule has 0 N–H and O–H groups in total. The molecule has 8 heteroatoms. The highest BCUT2D eigenvalue weighted by atomic mass is 28.4. The Morgan fingerprint density at radius 2 is 1.86 bits per heavy atom. The summed E-state index contributed by atoms with van der Waals surface area (Å²) in [6.45, 7) is 11.3. The second-order valence-electron chi connectivity index (χ2n) is 9.05. The molecule has 7 nitrogen and oxygen atoms in total. The van der Waals surface area contributed by atoms with Gasteiger partial charge in [0.1, 0.15) is 24.1 Å². The van der Waals surface area contributed by atoms with Crippen LogP contribution in [0.1, 0.15) is 26.3 Å². The lowest BCUT2D eigenvalue weighted by Gasteiger charge is -2.43. The maximum Gasteiger partial charge on any atom is 0.369 e. The smallest absolute Gasteiger partial charge is 0.369 e. The van der Waals surface area contributed by atoms with Gasteiger partial charge < -0.3 is 28.1 Å². The number of hydrogen-bond acceptors (Lipinski definition) is 7. The monoisotopic (exact) mass is 424 g/mol. The molecule has 0 radical (unpaired) electrons. The van der Waals surface area contributed by atoms with Crippen molar-refractivity contribution in [2.45, 2.75) is 69.6 Å². The molecular weight excluding hydrogens is 392 g/mol. The molecule has 2 aliphatic rings. The minimum Gasteiger partial charge on any atom is -0.497 e. The average molecular weight is 425 g/mol. The van der Waals surface area contributed by atoms with Gasteiger partial charge in [0.15, 0.2) is 8.32 Å². The first-order valence-electron chi connectivity index (χ1n) is 9.86. The van der Waals surface area contributed by atoms with Gasteiger partial charge in [-0.15, -0.1) is 0 Å². The molecule has 2 heterocycles. The first kappa shape index (κ1) is 22.2. The fourth-order valence-electron chi connectivity index (χ4n) is 3.33. The minimum absolute atomic E-state index is 0.0489. The van der Waals surface area contributed by atoms with Crippen LogP contribution in [0.4, 0.5) is 0 Å². The quantitative estimate of drug-likeness (QED) is 0.491. The van der Waals surface area contributed by atoms with Crippen LogP contribution in [0.2, 0.25) is 18.1 Å². The number of carbonyl (C=O) groups excluding carboxylic acids is 1. The van der Waals surface area contributed by atoms with E-state index in [0.717, 1.165) is 11.3 Å². The Labute approximate surface area is 173 Å². The molecule has 0 aliphatic carbocycles. The van der Waals surface area contributed by atoms with E-state index in [1.54, 1.807) is 7.11 Å². The predicted octanol–water partition coefficient (Wildman–Crippen LogP) is 3.27. The van der Waals surface area contributed by atoms with Gasteiger partial charge in [0.2, 0.25) is 0 Å². The lowest BCUT2D eigenvalue weighted by atomic mass is 10.0. The lowest BCUT2D eigenvalue weighted by Crippen LogP contribution is -2.60. The number of methoxy groups -OCH3 is 2. The van der Waals surface area contributed by atoms with Crippen LogP contribution < -0.4 is 4.74 Å². The molecule has 29 heavy (non-hydrogen) atoms. The Morgan fingerprint density at radius 1 is 1.21 bits per heavy atom. The molecule has 3 rings (SSSR count). The SMILES string of the molecule is COC(=O)[C@@]12OC[C@@H](O1)[C@H](OCc1ccc(OC)cc1)[C@H]2O[Si](C)(C)C(C)(C)C. The van der Waals surface area contributed by atoms with Crippen LogP contribution in [0.3, 0.4) is 0 Å². The van der Waals surface area contributed by atoms with Crippen LogP contribution in [0, 0.1) is 0 Å². The third-order valence-corrected chi connectivity index (χ3v) is 10.6. The summed E-state index contributed by atoms with van der Waals surface area (Å²) in [7, 11) is 0.718. The number of carbonyl (C=O) groups is 1. The molecule has 2 aliphatic heterocycles. The summed E-state index contributed by atoms with van der Waals surface area (Å²) in [5.41, 5.74) is 0.993. The largest absolute Gasteiger partial charge is 0.497 e. The second-order valence-corrected chi connectivity index (χ2v) is 13.8. The van der Waals surface area contributed by atoms with Crippen LogP contribution in [0.25, 0.3) is 0 Å². The topological polar surface area (TPSA) is 72.5 Å². The number of hydrogen-bond donors (Lipinski definition) is 0. The van der Waals surface area contributed by atoms with E-state index in [1.165, 1.54) is 7.11 Å². The van der Waals surface area contributed by atoms with Crippen molar-refractivity contribution in [1.29, 1.82) is 0 Å². The zero-order valence-corrected chi connectivity index (χ0v) is 19.3. The highest BCUT2D eigenvalue weighted by molar-refractivity contribution is 6.74. The number of esters is 1. The molecule has 2 fully saturated rings. The lowest BCUT2D eigenvalue weighted by molar-refractivity contribution is -0.225. The fraction of sp³-hybridized carbons (Fsp3) is 0.667. The van der Waals surface area contributed by atoms with Gasteiger partial charge in [-0.1, -0.05) is 32.9 Å². The third kappa shape index (κ3) is 4.09. The van der Waals surface area contributed by atoms with Gasteiger partial charge in [-0.3, -0.25) is 0 Å². The van der Waals surface area contributed by atoms with Crippen LogP contribution in [-0.4, -0.2) is 59.2 Å². The number of ether oxygens (including phenoxy) is 5. The minimum atomic E-state index is -2.24. The van der Waals surface area contributed by atoms with E-state index in [4.69, 9.17) is 28.1 Å².